The molecule has 0 bridgehead atoms. The van der Waals surface area contributed by atoms with Crippen LogP contribution in [-0.2, 0) is 0 Å². The molecule has 0 saturated carbocycles. The minimum Gasteiger partial charge on any atom is -0.377 e. The highest BCUT2D eigenvalue weighted by Gasteiger charge is 2.39. The Morgan fingerprint density at radius 2 is 1.80 bits per heavy atom. The predicted octanol–water partition coefficient (Wildman–Crippen LogP) is 5.82. The van der Waals surface area contributed by atoms with Gasteiger partial charge in [-0.15, -0.1) is 0 Å². The number of rotatable bonds is 1. The Labute approximate surface area is 132 Å². The van der Waals surface area contributed by atoms with Crippen molar-refractivity contribution in [3.63, 3.8) is 0 Å². The molecule has 102 valence electrons. The Bertz CT molecular complexity index is 670. The lowest BCUT2D eigenvalue weighted by molar-refractivity contribution is 0.518. The number of hydrogen-bond acceptors (Lipinski definition) is 1. The number of hydrogen-bond donors (Lipinski definition) is 1. The fourth-order valence-corrected chi connectivity index (χ4v) is 4.56. The molecule has 0 fully saturated rings. The van der Waals surface area contributed by atoms with Gasteiger partial charge in [-0.25, -0.2) is 0 Å². The fourth-order valence-electron chi connectivity index (χ4n) is 3.64. The fraction of sp³-hybridized carbons (Fsp3) is 0.294. The zero-order chi connectivity index (χ0) is 13.7. The summed E-state index contributed by atoms with van der Waals surface area (Å²) < 4.78 is 0. The summed E-state index contributed by atoms with van der Waals surface area (Å²) in [5, 5.41) is 4.55. The molecule has 1 aliphatic carbocycles. The summed E-state index contributed by atoms with van der Waals surface area (Å²) in [7, 11) is 0. The van der Waals surface area contributed by atoms with Crippen LogP contribution in [0.4, 0.5) is 5.69 Å². The summed E-state index contributed by atoms with van der Waals surface area (Å²) in [6, 6.07) is 15.1. The molecule has 3 heteroatoms. The van der Waals surface area contributed by atoms with Crippen LogP contribution in [0.2, 0.25) is 5.02 Å². The molecule has 0 amide bonds. The van der Waals surface area contributed by atoms with E-state index in [1.807, 2.05) is 12.1 Å². The van der Waals surface area contributed by atoms with Gasteiger partial charge in [-0.05, 0) is 41.7 Å². The molecule has 0 spiro atoms. The summed E-state index contributed by atoms with van der Waals surface area (Å²) in [6.07, 6.45) is 2.38. The van der Waals surface area contributed by atoms with Gasteiger partial charge in [0.05, 0.1) is 6.04 Å². The summed E-state index contributed by atoms with van der Waals surface area (Å²) in [4.78, 5) is 0.487. The Morgan fingerprint density at radius 3 is 2.65 bits per heavy atom. The normalized spacial score (nSPS) is 27.0. The molecule has 1 nitrogen and oxygen atoms in total. The van der Waals surface area contributed by atoms with Crippen molar-refractivity contribution >= 4 is 33.2 Å². The Hall–Kier alpha value is -0.990. The van der Waals surface area contributed by atoms with Crippen LogP contribution in [0.1, 0.15) is 46.3 Å². The topological polar surface area (TPSA) is 12.0 Å². The third kappa shape index (κ3) is 1.82. The molecule has 3 atom stereocenters. The predicted molar refractivity (Wildman–Crippen MR) is 87.9 cm³/mol. The second kappa shape index (κ2) is 4.78. The first kappa shape index (κ1) is 12.7. The maximum atomic E-state index is 6.41. The van der Waals surface area contributed by atoms with Crippen LogP contribution >= 0.6 is 27.5 Å². The standard InChI is InChI=1S/C17H15BrClN/c18-13-9-8-12-16-10(13)5-3-7-15(16)20-17(12)11-4-1-2-6-14(11)19/h1-7,12-13,17,20H,8-9H2. The molecule has 3 unspecified atom stereocenters. The van der Waals surface area contributed by atoms with Gasteiger partial charge in [-0.1, -0.05) is 57.9 Å². The highest BCUT2D eigenvalue weighted by molar-refractivity contribution is 9.09. The number of benzene rings is 2. The van der Waals surface area contributed by atoms with Crippen molar-refractivity contribution in [3.05, 3.63) is 64.2 Å². The van der Waals surface area contributed by atoms with Crippen molar-refractivity contribution in [1.82, 2.24) is 0 Å². The van der Waals surface area contributed by atoms with E-state index in [9.17, 15) is 0 Å². The average Bonchev–Trinajstić information content (AvgIpc) is 2.83. The highest BCUT2D eigenvalue weighted by Crippen LogP contribution is 2.55. The molecule has 0 saturated heterocycles. The lowest BCUT2D eigenvalue weighted by atomic mass is 9.79. The molecular weight excluding hydrogens is 334 g/mol. The van der Waals surface area contributed by atoms with Gasteiger partial charge in [0.2, 0.25) is 0 Å². The van der Waals surface area contributed by atoms with Crippen molar-refractivity contribution in [3.8, 4) is 0 Å². The first-order valence-corrected chi connectivity index (χ1v) is 8.33. The van der Waals surface area contributed by atoms with Gasteiger partial charge in [0.25, 0.3) is 0 Å². The first-order chi connectivity index (χ1) is 9.75. The smallest absolute Gasteiger partial charge is 0.0597 e. The summed E-state index contributed by atoms with van der Waals surface area (Å²) in [5.41, 5.74) is 5.43. The largest absolute Gasteiger partial charge is 0.377 e. The van der Waals surface area contributed by atoms with Crippen molar-refractivity contribution in [1.29, 1.82) is 0 Å². The maximum absolute atomic E-state index is 6.41. The minimum absolute atomic E-state index is 0.305. The van der Waals surface area contributed by atoms with Crippen molar-refractivity contribution in [2.75, 3.05) is 5.32 Å². The molecule has 1 heterocycles. The van der Waals surface area contributed by atoms with Gasteiger partial charge in [0.15, 0.2) is 0 Å². The van der Waals surface area contributed by atoms with Crippen LogP contribution < -0.4 is 5.32 Å². The van der Waals surface area contributed by atoms with Crippen LogP contribution in [0.15, 0.2) is 42.5 Å². The number of anilines is 1. The summed E-state index contributed by atoms with van der Waals surface area (Å²) in [5.74, 6) is 0.537. The molecule has 2 aromatic rings. The molecule has 20 heavy (non-hydrogen) atoms. The van der Waals surface area contributed by atoms with Crippen LogP contribution in [0.3, 0.4) is 0 Å². The lowest BCUT2D eigenvalue weighted by Crippen LogP contribution is -2.16. The molecule has 4 rings (SSSR count). The Balaban J connectivity index is 1.83. The molecule has 1 N–H and O–H groups in total. The van der Waals surface area contributed by atoms with Crippen LogP contribution in [0.5, 0.6) is 0 Å². The third-order valence-corrected chi connectivity index (χ3v) is 5.83. The molecule has 0 radical (unpaired) electrons. The Morgan fingerprint density at radius 1 is 1.00 bits per heavy atom. The number of nitrogens with one attached hydrogen (secondary N) is 1. The van der Waals surface area contributed by atoms with Crippen molar-refractivity contribution < 1.29 is 0 Å². The van der Waals surface area contributed by atoms with E-state index in [-0.39, 0.29) is 0 Å². The molecular formula is C17H15BrClN. The van der Waals surface area contributed by atoms with Gasteiger partial charge in [0.1, 0.15) is 0 Å². The van der Waals surface area contributed by atoms with E-state index in [0.29, 0.717) is 16.8 Å². The van der Waals surface area contributed by atoms with Crippen molar-refractivity contribution in [2.24, 2.45) is 0 Å². The zero-order valence-corrected chi connectivity index (χ0v) is 13.3. The van der Waals surface area contributed by atoms with E-state index >= 15 is 0 Å². The SMILES string of the molecule is Clc1ccccc1C1Nc2cccc3c2C1CCC3Br. The van der Waals surface area contributed by atoms with E-state index in [4.69, 9.17) is 11.6 Å². The van der Waals surface area contributed by atoms with E-state index < -0.39 is 0 Å². The molecule has 2 aromatic carbocycles. The van der Waals surface area contributed by atoms with E-state index in [1.165, 1.54) is 35.2 Å². The maximum Gasteiger partial charge on any atom is 0.0597 e. The third-order valence-electron chi connectivity index (χ3n) is 4.53. The first-order valence-electron chi connectivity index (χ1n) is 7.03. The summed E-state index contributed by atoms with van der Waals surface area (Å²) in [6.45, 7) is 0. The van der Waals surface area contributed by atoms with Crippen LogP contribution in [0.25, 0.3) is 0 Å². The van der Waals surface area contributed by atoms with Gasteiger partial charge < -0.3 is 5.32 Å². The van der Waals surface area contributed by atoms with Gasteiger partial charge in [0, 0.05) is 21.5 Å². The quantitative estimate of drug-likeness (QED) is 0.640. The van der Waals surface area contributed by atoms with Crippen LogP contribution in [-0.4, -0.2) is 0 Å². The van der Waals surface area contributed by atoms with Crippen LogP contribution in [0, 0.1) is 0 Å². The Kier molecular flexibility index (Phi) is 3.04. The monoisotopic (exact) mass is 347 g/mol. The zero-order valence-electron chi connectivity index (χ0n) is 10.9. The van der Waals surface area contributed by atoms with Gasteiger partial charge in [-0.3, -0.25) is 0 Å². The summed E-state index contributed by atoms with van der Waals surface area (Å²) >= 11 is 10.2. The molecule has 2 aliphatic rings. The lowest BCUT2D eigenvalue weighted by Gasteiger charge is -2.28. The number of halogens is 2. The van der Waals surface area contributed by atoms with E-state index in [0.717, 1.165) is 5.02 Å². The highest BCUT2D eigenvalue weighted by atomic mass is 79.9. The second-order valence-corrected chi connectivity index (χ2v) is 7.12. The minimum atomic E-state index is 0.305. The number of alkyl halides is 1. The second-order valence-electron chi connectivity index (χ2n) is 5.60. The van der Waals surface area contributed by atoms with Gasteiger partial charge >= 0.3 is 0 Å². The van der Waals surface area contributed by atoms with E-state index in [1.54, 1.807) is 0 Å². The average molecular weight is 349 g/mol. The van der Waals surface area contributed by atoms with Gasteiger partial charge in [-0.2, -0.15) is 0 Å². The molecule has 0 aromatic heterocycles. The van der Waals surface area contributed by atoms with E-state index in [2.05, 4.69) is 51.6 Å². The van der Waals surface area contributed by atoms with Crippen molar-refractivity contribution in [2.45, 2.75) is 29.6 Å². The molecule has 1 aliphatic heterocycles.